The molecule has 0 saturated carbocycles. The van der Waals surface area contributed by atoms with E-state index >= 15 is 0 Å². The normalized spacial score (nSPS) is 10.4. The minimum atomic E-state index is 0.258. The van der Waals surface area contributed by atoms with Crippen LogP contribution in [0.4, 0.5) is 22.7 Å². The third-order valence-corrected chi connectivity index (χ3v) is 4.10. The predicted molar refractivity (Wildman–Crippen MR) is 106 cm³/mol. The summed E-state index contributed by atoms with van der Waals surface area (Å²) in [4.78, 5) is 2.07. The highest BCUT2D eigenvalue weighted by molar-refractivity contribution is 5.81. The van der Waals surface area contributed by atoms with Crippen molar-refractivity contribution in [3.63, 3.8) is 0 Å². The van der Waals surface area contributed by atoms with Crippen molar-refractivity contribution in [3.05, 3.63) is 78.9 Å². The number of phenols is 1. The van der Waals surface area contributed by atoms with Crippen LogP contribution in [0.3, 0.4) is 0 Å². The average Bonchev–Trinajstić information content (AvgIpc) is 2.66. The Labute approximate surface area is 149 Å². The van der Waals surface area contributed by atoms with Gasteiger partial charge in [-0.2, -0.15) is 0 Å². The number of hydrogen-bond donors (Lipinski definition) is 2. The number of benzene rings is 3. The van der Waals surface area contributed by atoms with Gasteiger partial charge < -0.3 is 15.3 Å². The quantitative estimate of drug-likeness (QED) is 0.407. The maximum absolute atomic E-state index is 10.5. The van der Waals surface area contributed by atoms with Gasteiger partial charge in [0.25, 0.3) is 0 Å². The second-order valence-electron chi connectivity index (χ2n) is 5.99. The lowest BCUT2D eigenvalue weighted by molar-refractivity contribution is 0.476. The minimum absolute atomic E-state index is 0.258. The van der Waals surface area contributed by atoms with E-state index in [4.69, 9.17) is 0 Å². The van der Waals surface area contributed by atoms with Gasteiger partial charge >= 0.3 is 0 Å². The summed E-state index contributed by atoms with van der Waals surface area (Å²) in [6.45, 7) is 3.11. The van der Waals surface area contributed by atoms with Gasteiger partial charge in [0.05, 0.1) is 5.69 Å². The summed E-state index contributed by atoms with van der Waals surface area (Å²) < 4.78 is 0. The summed E-state index contributed by atoms with van der Waals surface area (Å²) in [5, 5.41) is 14.0. The molecular weight excluding hydrogens is 308 g/mol. The Kier molecular flexibility index (Phi) is 5.57. The topological polar surface area (TPSA) is 35.5 Å². The zero-order chi connectivity index (χ0) is 17.5. The number of nitrogens with one attached hydrogen (secondary N) is 1. The van der Waals surface area contributed by atoms with E-state index in [0.717, 1.165) is 42.1 Å². The van der Waals surface area contributed by atoms with Crippen LogP contribution in [0.1, 0.15) is 19.8 Å². The summed E-state index contributed by atoms with van der Waals surface area (Å²) in [6.07, 6.45) is 2.27. The van der Waals surface area contributed by atoms with Crippen LogP contribution in [0.5, 0.6) is 5.75 Å². The number of hydrogen-bond acceptors (Lipinski definition) is 3. The van der Waals surface area contributed by atoms with Gasteiger partial charge in [-0.3, -0.25) is 0 Å². The van der Waals surface area contributed by atoms with Crippen LogP contribution < -0.4 is 10.2 Å². The van der Waals surface area contributed by atoms with Crippen LogP contribution in [0.25, 0.3) is 0 Å². The first-order valence-electron chi connectivity index (χ1n) is 8.76. The molecule has 3 rings (SSSR count). The van der Waals surface area contributed by atoms with Gasteiger partial charge in [-0.15, -0.1) is 0 Å². The largest absolute Gasteiger partial charge is 0.506 e. The molecule has 25 heavy (non-hydrogen) atoms. The molecule has 0 aliphatic carbocycles. The van der Waals surface area contributed by atoms with Gasteiger partial charge in [0.1, 0.15) is 5.75 Å². The second kappa shape index (κ2) is 8.25. The van der Waals surface area contributed by atoms with Crippen LogP contribution in [0, 0.1) is 0 Å². The molecule has 0 aromatic heterocycles. The fraction of sp³-hybridized carbons (Fsp3) is 0.182. The molecule has 0 aliphatic rings. The molecule has 0 heterocycles. The molecular formula is C22H24N2O. The maximum atomic E-state index is 10.5. The third kappa shape index (κ3) is 4.13. The molecule has 0 radical (unpaired) electrons. The molecule has 3 heteroatoms. The monoisotopic (exact) mass is 332 g/mol. The summed E-state index contributed by atoms with van der Waals surface area (Å²) >= 11 is 0. The molecule has 128 valence electrons. The number of unbranched alkanes of at least 4 members (excludes halogenated alkanes) is 1. The number of phenolic OH excluding ortho intramolecular Hbond substituents is 1. The fourth-order valence-electron chi connectivity index (χ4n) is 2.80. The maximum Gasteiger partial charge on any atom is 0.139 e. The fourth-order valence-corrected chi connectivity index (χ4v) is 2.80. The molecule has 0 unspecified atom stereocenters. The van der Waals surface area contributed by atoms with Crippen molar-refractivity contribution in [2.75, 3.05) is 16.8 Å². The molecule has 0 spiro atoms. The molecule has 0 aliphatic heterocycles. The van der Waals surface area contributed by atoms with E-state index in [9.17, 15) is 5.11 Å². The Balaban J connectivity index is 2.03. The van der Waals surface area contributed by atoms with Crippen molar-refractivity contribution in [3.8, 4) is 5.75 Å². The Morgan fingerprint density at radius 2 is 1.44 bits per heavy atom. The molecule has 3 aromatic rings. The average molecular weight is 332 g/mol. The van der Waals surface area contributed by atoms with E-state index in [0.29, 0.717) is 0 Å². The lowest BCUT2D eigenvalue weighted by Crippen LogP contribution is -2.10. The van der Waals surface area contributed by atoms with Crippen LogP contribution >= 0.6 is 0 Å². The van der Waals surface area contributed by atoms with E-state index in [2.05, 4.69) is 17.1 Å². The third-order valence-electron chi connectivity index (χ3n) is 4.10. The summed E-state index contributed by atoms with van der Waals surface area (Å²) in [5.41, 5.74) is 3.79. The van der Waals surface area contributed by atoms with E-state index in [1.54, 1.807) is 6.07 Å². The lowest BCUT2D eigenvalue weighted by Gasteiger charge is -2.26. The second-order valence-corrected chi connectivity index (χ2v) is 5.99. The molecule has 0 atom stereocenters. The van der Waals surface area contributed by atoms with Gasteiger partial charge in [-0.1, -0.05) is 49.7 Å². The van der Waals surface area contributed by atoms with Crippen molar-refractivity contribution in [1.82, 2.24) is 0 Å². The number of aromatic hydroxyl groups is 1. The SMILES string of the molecule is CCCCNc1ccc(O)c(N(c2ccccc2)c2ccccc2)c1. The number of rotatable bonds is 7. The van der Waals surface area contributed by atoms with Crippen molar-refractivity contribution in [1.29, 1.82) is 0 Å². The predicted octanol–water partition coefficient (Wildman–Crippen LogP) is 6.07. The zero-order valence-corrected chi connectivity index (χ0v) is 14.5. The van der Waals surface area contributed by atoms with Crippen LogP contribution in [0.2, 0.25) is 0 Å². The Morgan fingerprint density at radius 3 is 2.00 bits per heavy atom. The van der Waals surface area contributed by atoms with Gasteiger partial charge in [-0.25, -0.2) is 0 Å². The number of para-hydroxylation sites is 2. The number of anilines is 4. The molecule has 0 amide bonds. The first-order valence-corrected chi connectivity index (χ1v) is 8.76. The minimum Gasteiger partial charge on any atom is -0.506 e. The standard InChI is InChI=1S/C22H24N2O/c1-2-3-16-23-18-14-15-22(25)21(17-18)24(19-10-6-4-7-11-19)20-12-8-5-9-13-20/h4-15,17,23,25H,2-3,16H2,1H3. The van der Waals surface area contributed by atoms with Gasteiger partial charge in [-0.05, 0) is 48.9 Å². The Bertz CT molecular complexity index is 748. The highest BCUT2D eigenvalue weighted by Gasteiger charge is 2.16. The smallest absolute Gasteiger partial charge is 0.139 e. The van der Waals surface area contributed by atoms with Gasteiger partial charge in [0.15, 0.2) is 0 Å². The van der Waals surface area contributed by atoms with E-state index < -0.39 is 0 Å². The first-order chi connectivity index (χ1) is 12.3. The highest BCUT2D eigenvalue weighted by atomic mass is 16.3. The van der Waals surface area contributed by atoms with Crippen molar-refractivity contribution in [2.24, 2.45) is 0 Å². The van der Waals surface area contributed by atoms with Gasteiger partial charge in [0.2, 0.25) is 0 Å². The van der Waals surface area contributed by atoms with Crippen molar-refractivity contribution in [2.45, 2.75) is 19.8 Å². The highest BCUT2D eigenvalue weighted by Crippen LogP contribution is 2.40. The molecule has 0 bridgehead atoms. The Hall–Kier alpha value is -2.94. The van der Waals surface area contributed by atoms with E-state index in [-0.39, 0.29) is 5.75 Å². The molecule has 3 aromatic carbocycles. The molecule has 2 N–H and O–H groups in total. The Morgan fingerprint density at radius 1 is 0.840 bits per heavy atom. The first kappa shape index (κ1) is 16.9. The van der Waals surface area contributed by atoms with Gasteiger partial charge in [0, 0.05) is 23.6 Å². The van der Waals surface area contributed by atoms with Crippen LogP contribution in [-0.4, -0.2) is 11.7 Å². The summed E-state index contributed by atoms with van der Waals surface area (Å²) in [6, 6.07) is 25.9. The number of nitrogens with zero attached hydrogens (tertiary/aromatic N) is 1. The molecule has 0 fully saturated rings. The molecule has 3 nitrogen and oxygen atoms in total. The zero-order valence-electron chi connectivity index (χ0n) is 14.5. The van der Waals surface area contributed by atoms with Crippen molar-refractivity contribution >= 4 is 22.7 Å². The van der Waals surface area contributed by atoms with Crippen LogP contribution in [0.15, 0.2) is 78.9 Å². The summed E-state index contributed by atoms with van der Waals surface area (Å²) in [7, 11) is 0. The van der Waals surface area contributed by atoms with Crippen molar-refractivity contribution < 1.29 is 5.11 Å². The van der Waals surface area contributed by atoms with Crippen LogP contribution in [-0.2, 0) is 0 Å². The summed E-state index contributed by atoms with van der Waals surface area (Å²) in [5.74, 6) is 0.258. The lowest BCUT2D eigenvalue weighted by atomic mass is 10.1. The van der Waals surface area contributed by atoms with E-state index in [1.807, 2.05) is 72.8 Å². The molecule has 0 saturated heterocycles. The van der Waals surface area contributed by atoms with E-state index in [1.165, 1.54) is 0 Å².